The van der Waals surface area contributed by atoms with Gasteiger partial charge in [-0.15, -0.1) is 114 Å². The third kappa shape index (κ3) is 36.4. The molecule has 8 aromatic heterocycles. The van der Waals surface area contributed by atoms with E-state index < -0.39 is 81.4 Å². The minimum Gasteiger partial charge on any atom is -0.512 e. The van der Waals surface area contributed by atoms with Gasteiger partial charge in [0.1, 0.15) is 0 Å². The number of benzene rings is 8. The molecule has 0 unspecified atom stereocenters. The SMILES string of the molecule is Cc1c[c-]c(-c2ccccn2)c(F)c1.Fc1[c-]c(-c2ccccn2)cc(F)c1.Fc1c[c-]c(-c2ccccn2)c(F)c1.Fc1c[c-]c(-c2ccccn2)c(F)c1.Fc1c[c-]c(-c2ccccn2)c(F)c1.Fc1c[c-]c(-c2ccccn2)c(F)c1.Fc1c[c-]c(-c2ccccn2)c(F)c1.Fc1c[c-]c(-c2ccccn2)c(F)c1.[C-]#N.[C-]#N.[C-]#N.[C-]#N.[Ir+3].[Ir+3].[Ir+3].[Ir+3]. The van der Waals surface area contributed by atoms with Crippen molar-refractivity contribution in [3.05, 3.63) is 460 Å². The van der Waals surface area contributed by atoms with E-state index in [0.29, 0.717) is 56.7 Å². The monoisotopic (exact) mass is 2390 g/mol. The Hall–Kier alpha value is -13.5. The molecule has 31 heteroatoms. The van der Waals surface area contributed by atoms with Crippen LogP contribution in [0.3, 0.4) is 0 Å². The Morgan fingerprint density at radius 2 is 0.395 bits per heavy atom. The summed E-state index contributed by atoms with van der Waals surface area (Å²) in [5, 5.41) is 25.0. The molecule has 0 spiro atoms. The topological polar surface area (TPSA) is 198 Å². The first kappa shape index (κ1) is 108. The molecule has 16 rings (SSSR count). The Labute approximate surface area is 758 Å². The average Bonchev–Trinajstić information content (AvgIpc) is 0.899. The first-order valence-electron chi connectivity index (χ1n) is 33.6. The summed E-state index contributed by atoms with van der Waals surface area (Å²) < 4.78 is 194. The van der Waals surface area contributed by atoms with Crippen molar-refractivity contribution in [3.8, 4) is 90.1 Å². The van der Waals surface area contributed by atoms with Crippen molar-refractivity contribution in [1.82, 2.24) is 39.9 Å². The van der Waals surface area contributed by atoms with Crippen LogP contribution in [0, 0.1) is 190 Å². The summed E-state index contributed by atoms with van der Waals surface area (Å²) in [5.41, 5.74) is 6.55. The van der Waals surface area contributed by atoms with Crippen molar-refractivity contribution in [3.63, 3.8) is 0 Å². The maximum absolute atomic E-state index is 13.5. The van der Waals surface area contributed by atoms with Crippen molar-refractivity contribution in [2.45, 2.75) is 6.92 Å². The second-order valence-corrected chi connectivity index (χ2v) is 22.4. The van der Waals surface area contributed by atoms with Crippen LogP contribution in [0.4, 0.5) is 65.9 Å². The molecule has 8 aromatic carbocycles. The number of halogens is 15. The van der Waals surface area contributed by atoms with Gasteiger partial charge in [0.2, 0.25) is 0 Å². The molecule has 0 saturated heterocycles. The van der Waals surface area contributed by atoms with E-state index in [1.54, 1.807) is 195 Å². The Morgan fingerprint density at radius 1 is 0.218 bits per heavy atom. The van der Waals surface area contributed by atoms with Crippen molar-refractivity contribution in [2.75, 3.05) is 0 Å². The van der Waals surface area contributed by atoms with E-state index in [0.717, 1.165) is 84.4 Å². The second-order valence-electron chi connectivity index (χ2n) is 22.4. The van der Waals surface area contributed by atoms with Gasteiger partial charge >= 0.3 is 80.4 Å². The zero-order valence-electron chi connectivity index (χ0n) is 63.1. The Morgan fingerprint density at radius 3 is 0.556 bits per heavy atom. The molecular formula is C93H51F15Ir4N12. The standard InChI is InChI=1S/C12H9FN.7C11H6F2N.4CN.4Ir/c1-9-5-6-10(11(13)8-9)12-4-2-3-7-14-12;6*12-8-4-5-9(10(13)7-8)11-3-1-2-6-14-11;12-9-5-8(6-10(13)7-9)11-3-1-2-4-14-11;4*1-2;;;;/h2-5,7-8H,1H3;6*1-4,6-7H;1-5,7H;;;;;;;;/q12*-1;4*+3. The van der Waals surface area contributed by atoms with Gasteiger partial charge in [0.15, 0.2) is 0 Å². The third-order valence-corrected chi connectivity index (χ3v) is 14.4. The summed E-state index contributed by atoms with van der Waals surface area (Å²) in [6.45, 7) is 20.8. The molecule has 16 aromatic rings. The molecule has 8 heterocycles. The molecule has 0 aliphatic rings. The minimum absolute atomic E-state index is 0. The molecule has 0 N–H and O–H groups in total. The molecule has 0 amide bonds. The van der Waals surface area contributed by atoms with Gasteiger partial charge in [0.05, 0.1) is 0 Å². The minimum atomic E-state index is -0.717. The molecule has 624 valence electrons. The van der Waals surface area contributed by atoms with E-state index in [2.05, 4.69) is 88.4 Å². The van der Waals surface area contributed by atoms with E-state index in [1.165, 1.54) is 12.1 Å². The number of hydrogen-bond acceptors (Lipinski definition) is 12. The van der Waals surface area contributed by atoms with E-state index in [1.807, 2.05) is 13.0 Å². The first-order valence-corrected chi connectivity index (χ1v) is 33.6. The predicted octanol–water partition coefficient (Wildman–Crippen LogP) is 23.2. The van der Waals surface area contributed by atoms with Crippen LogP contribution in [0.5, 0.6) is 0 Å². The smallest absolute Gasteiger partial charge is 0.512 e. The zero-order valence-corrected chi connectivity index (χ0v) is 72.7. The van der Waals surface area contributed by atoms with Crippen LogP contribution in [0.15, 0.2) is 292 Å². The van der Waals surface area contributed by atoms with Crippen LogP contribution in [-0.4, -0.2) is 39.9 Å². The molecule has 0 saturated carbocycles. The maximum Gasteiger partial charge on any atom is 3.00 e. The predicted molar refractivity (Wildman–Crippen MR) is 412 cm³/mol. The van der Waals surface area contributed by atoms with Crippen molar-refractivity contribution < 1.29 is 146 Å². The molecule has 0 radical (unpaired) electrons. The number of rotatable bonds is 8. The quantitative estimate of drug-likeness (QED) is 0.103. The second kappa shape index (κ2) is 60.0. The normalized spacial score (nSPS) is 9.23. The molecule has 0 fully saturated rings. The largest absolute Gasteiger partial charge is 3.00 e. The van der Waals surface area contributed by atoms with Crippen LogP contribution in [-0.2, 0) is 80.4 Å². The summed E-state index contributed by atoms with van der Waals surface area (Å²) >= 11 is 0. The molecule has 124 heavy (non-hydrogen) atoms. The molecule has 0 bridgehead atoms. The number of hydrogen-bond donors (Lipinski definition) is 0. The van der Waals surface area contributed by atoms with Crippen molar-refractivity contribution in [2.24, 2.45) is 0 Å². The van der Waals surface area contributed by atoms with E-state index in [9.17, 15) is 65.9 Å². The van der Waals surface area contributed by atoms with Gasteiger partial charge in [0, 0.05) is 137 Å². The van der Waals surface area contributed by atoms with E-state index in [-0.39, 0.29) is 120 Å². The van der Waals surface area contributed by atoms with Crippen LogP contribution < -0.4 is 0 Å². The Bertz CT molecular complexity index is 4970. The summed E-state index contributed by atoms with van der Waals surface area (Å²) in [4.78, 5) is 31.7. The van der Waals surface area contributed by atoms with Gasteiger partial charge in [0.25, 0.3) is 0 Å². The number of aromatic nitrogens is 8. The summed E-state index contributed by atoms with van der Waals surface area (Å²) in [5.74, 6) is -9.33. The molecule has 0 aliphatic carbocycles. The fourth-order valence-electron chi connectivity index (χ4n) is 9.35. The zero-order chi connectivity index (χ0) is 87.7. The van der Waals surface area contributed by atoms with Crippen LogP contribution in [0.1, 0.15) is 5.56 Å². The average molecular weight is 2390 g/mol. The van der Waals surface area contributed by atoms with Crippen LogP contribution >= 0.6 is 0 Å². The van der Waals surface area contributed by atoms with Gasteiger partial charge in [-0.3, -0.25) is 57.1 Å². The van der Waals surface area contributed by atoms with Gasteiger partial charge in [-0.1, -0.05) is 185 Å². The van der Waals surface area contributed by atoms with Crippen LogP contribution in [0.25, 0.3) is 90.1 Å². The summed E-state index contributed by atoms with van der Waals surface area (Å²) in [6.07, 6.45) is 12.5. The van der Waals surface area contributed by atoms with Gasteiger partial charge in [-0.05, 0) is 94.1 Å². The third-order valence-electron chi connectivity index (χ3n) is 14.4. The van der Waals surface area contributed by atoms with Gasteiger partial charge < -0.3 is 87.2 Å². The van der Waals surface area contributed by atoms with Gasteiger partial charge in [-0.25, -0.2) is 8.78 Å². The van der Waals surface area contributed by atoms with E-state index in [4.69, 9.17) is 47.3 Å². The van der Waals surface area contributed by atoms with Crippen molar-refractivity contribution >= 4 is 0 Å². The van der Waals surface area contributed by atoms with E-state index >= 15 is 0 Å². The molecule has 0 aliphatic heterocycles. The molecule has 0 atom stereocenters. The number of pyridine rings is 8. The number of aryl methyl sites for hydroxylation is 1. The fourth-order valence-corrected chi connectivity index (χ4v) is 9.35. The molecule has 12 nitrogen and oxygen atoms in total. The summed E-state index contributed by atoms with van der Waals surface area (Å²) in [7, 11) is 0. The first-order chi connectivity index (χ1) is 58.2. The fraction of sp³-hybridized carbons (Fsp3) is 0.0108. The van der Waals surface area contributed by atoms with Gasteiger partial charge in [-0.2, -0.15) is 0 Å². The maximum atomic E-state index is 13.5. The molecular weight excluding hydrogens is 2340 g/mol. The Kier molecular flexibility index (Phi) is 52.5. The number of nitrogens with zero attached hydrogens (tertiary/aromatic N) is 12. The summed E-state index contributed by atoms with van der Waals surface area (Å²) in [6, 6.07) is 78.2. The Balaban J connectivity index is 0.000000697. The van der Waals surface area contributed by atoms with Crippen LogP contribution in [0.2, 0.25) is 0 Å². The van der Waals surface area contributed by atoms with Crippen molar-refractivity contribution in [1.29, 1.82) is 21.0 Å².